The second-order valence-corrected chi connectivity index (χ2v) is 3.81. The molecule has 0 aliphatic heterocycles. The van der Waals surface area contributed by atoms with E-state index < -0.39 is 0 Å². The zero-order chi connectivity index (χ0) is 9.42. The summed E-state index contributed by atoms with van der Waals surface area (Å²) in [6.07, 6.45) is 1.89. The van der Waals surface area contributed by atoms with Crippen LogP contribution < -0.4 is 5.73 Å². The molecule has 0 saturated heterocycles. The van der Waals surface area contributed by atoms with Crippen molar-refractivity contribution < 1.29 is 0 Å². The number of aromatic nitrogens is 2. The summed E-state index contributed by atoms with van der Waals surface area (Å²) < 4.78 is 2.80. The fourth-order valence-electron chi connectivity index (χ4n) is 1.26. The van der Waals surface area contributed by atoms with E-state index in [0.29, 0.717) is 11.7 Å². The minimum atomic E-state index is 0.379. The number of hydrogen-bond acceptors (Lipinski definition) is 2. The highest BCUT2D eigenvalue weighted by Gasteiger charge is 2.09. The Morgan fingerprint density at radius 2 is 2.38 bits per heavy atom. The van der Waals surface area contributed by atoms with Crippen molar-refractivity contribution in [3.8, 4) is 0 Å². The molecule has 2 aromatic rings. The van der Waals surface area contributed by atoms with E-state index in [1.54, 1.807) is 0 Å². The van der Waals surface area contributed by atoms with Crippen molar-refractivity contribution >= 4 is 33.0 Å². The lowest BCUT2D eigenvalue weighted by atomic mass is 10.4. The van der Waals surface area contributed by atoms with Crippen molar-refractivity contribution in [1.82, 2.24) is 9.38 Å². The van der Waals surface area contributed by atoms with Crippen molar-refractivity contribution in [2.24, 2.45) is 5.73 Å². The highest BCUT2D eigenvalue weighted by atomic mass is 79.9. The van der Waals surface area contributed by atoms with Crippen molar-refractivity contribution in [3.05, 3.63) is 33.8 Å². The summed E-state index contributed by atoms with van der Waals surface area (Å²) >= 11 is 9.35. The summed E-state index contributed by atoms with van der Waals surface area (Å²) in [6, 6.07) is 3.83. The van der Waals surface area contributed by atoms with Crippen molar-refractivity contribution in [1.29, 1.82) is 0 Å². The number of fused-ring (bicyclic) bond motifs is 1. The summed E-state index contributed by atoms with van der Waals surface area (Å²) in [6.45, 7) is 0.379. The van der Waals surface area contributed by atoms with Crippen LogP contribution in [0.15, 0.2) is 22.8 Å². The van der Waals surface area contributed by atoms with Gasteiger partial charge in [-0.3, -0.25) is 0 Å². The zero-order valence-electron chi connectivity index (χ0n) is 6.67. The van der Waals surface area contributed by atoms with Crippen LogP contribution in [0, 0.1) is 0 Å². The van der Waals surface area contributed by atoms with Crippen LogP contribution >= 0.6 is 27.5 Å². The first-order valence-corrected chi connectivity index (χ1v) is 4.92. The first-order valence-electron chi connectivity index (χ1n) is 3.75. The van der Waals surface area contributed by atoms with Gasteiger partial charge in [-0.05, 0) is 28.1 Å². The van der Waals surface area contributed by atoms with E-state index in [2.05, 4.69) is 20.9 Å². The first-order chi connectivity index (χ1) is 6.24. The lowest BCUT2D eigenvalue weighted by Crippen LogP contribution is -2.01. The average Bonchev–Trinajstić information content (AvgIpc) is 2.44. The van der Waals surface area contributed by atoms with Gasteiger partial charge in [-0.2, -0.15) is 0 Å². The summed E-state index contributed by atoms with van der Waals surface area (Å²) in [5.74, 6) is 0.765. The third-order valence-corrected chi connectivity index (χ3v) is 2.73. The third kappa shape index (κ3) is 1.35. The second kappa shape index (κ2) is 3.29. The minimum absolute atomic E-state index is 0.379. The van der Waals surface area contributed by atoms with Crippen LogP contribution in [-0.2, 0) is 6.54 Å². The first kappa shape index (κ1) is 8.99. The fraction of sp³-hybridized carbons (Fsp3) is 0.125. The maximum Gasteiger partial charge on any atom is 0.156 e. The van der Waals surface area contributed by atoms with Gasteiger partial charge in [-0.15, -0.1) is 0 Å². The van der Waals surface area contributed by atoms with Crippen LogP contribution in [0.5, 0.6) is 0 Å². The Morgan fingerprint density at radius 1 is 1.62 bits per heavy atom. The molecule has 0 aliphatic carbocycles. The Labute approximate surface area is 88.6 Å². The summed E-state index contributed by atoms with van der Waals surface area (Å²) in [4.78, 5) is 4.14. The Balaban J connectivity index is 2.87. The topological polar surface area (TPSA) is 43.3 Å². The van der Waals surface area contributed by atoms with E-state index >= 15 is 0 Å². The summed E-state index contributed by atoms with van der Waals surface area (Å²) in [5, 5.41) is 0.480. The minimum Gasteiger partial charge on any atom is -0.324 e. The molecule has 0 bridgehead atoms. The maximum atomic E-state index is 5.94. The zero-order valence-corrected chi connectivity index (χ0v) is 9.01. The molecule has 2 heterocycles. The predicted molar refractivity (Wildman–Crippen MR) is 55.8 cm³/mol. The molecule has 2 rings (SSSR count). The molecule has 0 fully saturated rings. The Bertz CT molecular complexity index is 452. The third-order valence-electron chi connectivity index (χ3n) is 1.83. The van der Waals surface area contributed by atoms with Gasteiger partial charge in [0, 0.05) is 10.7 Å². The van der Waals surface area contributed by atoms with Gasteiger partial charge in [0.05, 0.1) is 12.1 Å². The number of nitrogens with two attached hydrogens (primary N) is 1. The molecular weight excluding hydrogens is 253 g/mol. The molecule has 68 valence electrons. The second-order valence-electron chi connectivity index (χ2n) is 2.60. The summed E-state index contributed by atoms with van der Waals surface area (Å²) in [7, 11) is 0. The van der Waals surface area contributed by atoms with Crippen LogP contribution in [0.3, 0.4) is 0 Å². The lowest BCUT2D eigenvalue weighted by Gasteiger charge is -1.98. The van der Waals surface area contributed by atoms with Crippen molar-refractivity contribution in [2.45, 2.75) is 6.54 Å². The van der Waals surface area contributed by atoms with E-state index in [1.165, 1.54) is 0 Å². The Kier molecular flexibility index (Phi) is 2.27. The number of nitrogens with zero attached hydrogens (tertiary/aromatic N) is 2. The molecule has 2 aromatic heterocycles. The van der Waals surface area contributed by atoms with E-state index in [1.807, 2.05) is 22.7 Å². The summed E-state index contributed by atoms with van der Waals surface area (Å²) in [5.41, 5.74) is 6.39. The van der Waals surface area contributed by atoms with Gasteiger partial charge >= 0.3 is 0 Å². The van der Waals surface area contributed by atoms with Crippen molar-refractivity contribution in [2.75, 3.05) is 0 Å². The predicted octanol–water partition coefficient (Wildman–Crippen LogP) is 2.21. The maximum absolute atomic E-state index is 5.94. The number of imidazole rings is 1. The highest BCUT2D eigenvalue weighted by Crippen LogP contribution is 2.25. The largest absolute Gasteiger partial charge is 0.324 e. The molecule has 0 radical (unpaired) electrons. The van der Waals surface area contributed by atoms with Gasteiger partial charge < -0.3 is 10.1 Å². The van der Waals surface area contributed by atoms with Crippen LogP contribution in [0.4, 0.5) is 0 Å². The molecule has 0 aromatic carbocycles. The normalized spacial score (nSPS) is 11.0. The molecule has 0 aliphatic rings. The van der Waals surface area contributed by atoms with Crippen LogP contribution in [0.2, 0.25) is 5.15 Å². The number of hydrogen-bond donors (Lipinski definition) is 1. The molecule has 3 nitrogen and oxygen atoms in total. The number of halogens is 2. The molecule has 13 heavy (non-hydrogen) atoms. The monoisotopic (exact) mass is 259 g/mol. The number of pyridine rings is 1. The Hall–Kier alpha value is -0.580. The molecule has 0 amide bonds. The van der Waals surface area contributed by atoms with Gasteiger partial charge in [0.15, 0.2) is 5.15 Å². The smallest absolute Gasteiger partial charge is 0.156 e. The van der Waals surface area contributed by atoms with E-state index in [9.17, 15) is 0 Å². The molecule has 2 N–H and O–H groups in total. The van der Waals surface area contributed by atoms with E-state index in [0.717, 1.165) is 15.8 Å². The van der Waals surface area contributed by atoms with Crippen molar-refractivity contribution in [3.63, 3.8) is 0 Å². The van der Waals surface area contributed by atoms with Gasteiger partial charge in [-0.1, -0.05) is 11.6 Å². The molecule has 0 atom stereocenters. The van der Waals surface area contributed by atoms with Crippen LogP contribution in [-0.4, -0.2) is 9.38 Å². The number of rotatable bonds is 1. The molecular formula is C8H7BrClN3. The van der Waals surface area contributed by atoms with Gasteiger partial charge in [0.2, 0.25) is 0 Å². The Morgan fingerprint density at radius 3 is 3.08 bits per heavy atom. The van der Waals surface area contributed by atoms with Crippen LogP contribution in [0.1, 0.15) is 5.82 Å². The quantitative estimate of drug-likeness (QED) is 0.854. The van der Waals surface area contributed by atoms with E-state index in [4.69, 9.17) is 17.3 Å². The van der Waals surface area contributed by atoms with Crippen LogP contribution in [0.25, 0.3) is 5.52 Å². The molecule has 0 spiro atoms. The van der Waals surface area contributed by atoms with Gasteiger partial charge in [0.1, 0.15) is 5.82 Å². The van der Waals surface area contributed by atoms with E-state index in [-0.39, 0.29) is 0 Å². The standard InChI is InChI=1S/C8H7BrClN3/c9-5-2-1-3-13-6(4-11)12-8(10)7(5)13/h1-3H,4,11H2. The molecule has 0 unspecified atom stereocenters. The molecule has 0 saturated carbocycles. The van der Waals surface area contributed by atoms with Gasteiger partial charge in [0.25, 0.3) is 0 Å². The van der Waals surface area contributed by atoms with Gasteiger partial charge in [-0.25, -0.2) is 4.98 Å². The average molecular weight is 261 g/mol. The lowest BCUT2D eigenvalue weighted by molar-refractivity contribution is 0.903. The molecule has 5 heteroatoms. The fourth-order valence-corrected chi connectivity index (χ4v) is 2.20. The highest BCUT2D eigenvalue weighted by molar-refractivity contribution is 9.10. The SMILES string of the molecule is NCc1nc(Cl)c2c(Br)cccn12.